The van der Waals surface area contributed by atoms with Crippen molar-refractivity contribution >= 4 is 39.6 Å². The van der Waals surface area contributed by atoms with Crippen LogP contribution in [-0.4, -0.2) is 29.0 Å². The van der Waals surface area contributed by atoms with E-state index in [9.17, 15) is 14.4 Å². The highest BCUT2D eigenvalue weighted by Crippen LogP contribution is 2.22. The van der Waals surface area contributed by atoms with Gasteiger partial charge in [0.2, 0.25) is 0 Å². The van der Waals surface area contributed by atoms with Gasteiger partial charge in [-0.3, -0.25) is 19.3 Å². The van der Waals surface area contributed by atoms with Crippen molar-refractivity contribution in [3.8, 4) is 0 Å². The molecular weight excluding hydrogens is 358 g/mol. The van der Waals surface area contributed by atoms with E-state index in [1.54, 1.807) is 30.3 Å². The monoisotopic (exact) mass is 369 g/mol. The molecule has 0 saturated carbocycles. The summed E-state index contributed by atoms with van der Waals surface area (Å²) in [6.07, 6.45) is 3.04. The predicted octanol–water partition coefficient (Wildman–Crippen LogP) is 3.33. The number of ketones is 1. The standard InChI is InChI=1S/C18H12BrNO3/c19-13-8-5-12(6-9-13)7-10-14(21)11-20-17(22)15-3-1-2-4-16(15)18(20)23/h1-10H,11H2/b10-7+. The highest BCUT2D eigenvalue weighted by molar-refractivity contribution is 9.10. The third kappa shape index (κ3) is 3.14. The first-order valence-corrected chi connectivity index (χ1v) is 7.77. The first-order chi connectivity index (χ1) is 11.1. The van der Waals surface area contributed by atoms with E-state index in [1.165, 1.54) is 6.08 Å². The van der Waals surface area contributed by atoms with Crippen molar-refractivity contribution in [3.63, 3.8) is 0 Å². The summed E-state index contributed by atoms with van der Waals surface area (Å²) in [5, 5.41) is 0. The van der Waals surface area contributed by atoms with Gasteiger partial charge in [-0.25, -0.2) is 0 Å². The Hall–Kier alpha value is -2.53. The number of imide groups is 1. The summed E-state index contributed by atoms with van der Waals surface area (Å²) >= 11 is 3.34. The second-order valence-electron chi connectivity index (χ2n) is 5.09. The molecule has 2 aromatic carbocycles. The molecule has 2 aromatic rings. The minimum atomic E-state index is -0.420. The van der Waals surface area contributed by atoms with Crippen molar-refractivity contribution in [1.29, 1.82) is 0 Å². The van der Waals surface area contributed by atoms with Gasteiger partial charge in [-0.2, -0.15) is 0 Å². The lowest BCUT2D eigenvalue weighted by atomic mass is 10.1. The minimum absolute atomic E-state index is 0.251. The average Bonchev–Trinajstić information content (AvgIpc) is 2.80. The number of benzene rings is 2. The fourth-order valence-electron chi connectivity index (χ4n) is 2.35. The van der Waals surface area contributed by atoms with Crippen LogP contribution < -0.4 is 0 Å². The highest BCUT2D eigenvalue weighted by atomic mass is 79.9. The third-order valence-electron chi connectivity index (χ3n) is 3.52. The van der Waals surface area contributed by atoms with E-state index in [2.05, 4.69) is 15.9 Å². The summed E-state index contributed by atoms with van der Waals surface area (Å²) < 4.78 is 0.951. The summed E-state index contributed by atoms with van der Waals surface area (Å²) in [5.41, 5.74) is 1.56. The molecule has 5 heteroatoms. The maximum absolute atomic E-state index is 12.2. The summed E-state index contributed by atoms with van der Waals surface area (Å²) in [6.45, 7) is -0.251. The van der Waals surface area contributed by atoms with E-state index >= 15 is 0 Å². The number of halogens is 1. The average molecular weight is 370 g/mol. The second-order valence-corrected chi connectivity index (χ2v) is 6.01. The summed E-state index contributed by atoms with van der Waals surface area (Å²) in [5.74, 6) is -1.14. The van der Waals surface area contributed by atoms with E-state index in [4.69, 9.17) is 0 Å². The molecule has 0 fully saturated rings. The second kappa shape index (κ2) is 6.30. The molecule has 0 bridgehead atoms. The Kier molecular flexibility index (Phi) is 4.21. The van der Waals surface area contributed by atoms with Crippen LogP contribution in [0.25, 0.3) is 6.08 Å². The van der Waals surface area contributed by atoms with Crippen LogP contribution in [0, 0.1) is 0 Å². The van der Waals surface area contributed by atoms with Crippen LogP contribution in [-0.2, 0) is 4.79 Å². The van der Waals surface area contributed by atoms with Crippen LogP contribution in [0.4, 0.5) is 0 Å². The summed E-state index contributed by atoms with van der Waals surface area (Å²) in [6, 6.07) is 14.0. The maximum Gasteiger partial charge on any atom is 0.261 e. The molecule has 0 aromatic heterocycles. The predicted molar refractivity (Wildman–Crippen MR) is 90.0 cm³/mol. The lowest BCUT2D eigenvalue weighted by Crippen LogP contribution is -2.34. The van der Waals surface area contributed by atoms with Gasteiger partial charge < -0.3 is 0 Å². The Morgan fingerprint density at radius 1 is 0.957 bits per heavy atom. The van der Waals surface area contributed by atoms with Crippen LogP contribution in [0.2, 0.25) is 0 Å². The van der Waals surface area contributed by atoms with Gasteiger partial charge in [0.1, 0.15) is 0 Å². The van der Waals surface area contributed by atoms with E-state index in [0.717, 1.165) is 14.9 Å². The largest absolute Gasteiger partial charge is 0.293 e. The molecule has 1 heterocycles. The fraction of sp³-hybridized carbons (Fsp3) is 0.0556. The maximum atomic E-state index is 12.2. The van der Waals surface area contributed by atoms with Crippen molar-refractivity contribution in [2.24, 2.45) is 0 Å². The lowest BCUT2D eigenvalue weighted by Gasteiger charge is -2.10. The zero-order valence-corrected chi connectivity index (χ0v) is 13.6. The normalized spacial score (nSPS) is 13.7. The summed E-state index contributed by atoms with van der Waals surface area (Å²) in [4.78, 5) is 37.4. The Bertz CT molecular complexity index is 789. The number of fused-ring (bicyclic) bond motifs is 1. The SMILES string of the molecule is O=C(/C=C/c1ccc(Br)cc1)CN1C(=O)c2ccccc2C1=O. The fourth-order valence-corrected chi connectivity index (χ4v) is 2.62. The van der Waals surface area contributed by atoms with E-state index < -0.39 is 11.8 Å². The molecule has 1 aliphatic heterocycles. The van der Waals surface area contributed by atoms with Crippen molar-refractivity contribution in [2.45, 2.75) is 0 Å². The van der Waals surface area contributed by atoms with Crippen LogP contribution >= 0.6 is 15.9 Å². The molecule has 0 radical (unpaired) electrons. The number of carbonyl (C=O) groups is 3. The van der Waals surface area contributed by atoms with E-state index in [-0.39, 0.29) is 12.3 Å². The number of amides is 2. The third-order valence-corrected chi connectivity index (χ3v) is 4.05. The molecule has 3 rings (SSSR count). The van der Waals surface area contributed by atoms with Crippen molar-refractivity contribution in [2.75, 3.05) is 6.54 Å². The minimum Gasteiger partial charge on any atom is -0.293 e. The molecule has 0 spiro atoms. The van der Waals surface area contributed by atoms with Gasteiger partial charge in [-0.1, -0.05) is 46.3 Å². The molecule has 0 atom stereocenters. The van der Waals surface area contributed by atoms with Crippen LogP contribution in [0.5, 0.6) is 0 Å². The van der Waals surface area contributed by atoms with Crippen LogP contribution in [0.15, 0.2) is 59.1 Å². The first kappa shape index (κ1) is 15.4. The Morgan fingerprint density at radius 2 is 1.52 bits per heavy atom. The van der Waals surface area contributed by atoms with Crippen LogP contribution in [0.3, 0.4) is 0 Å². The topological polar surface area (TPSA) is 54.5 Å². The molecule has 1 aliphatic rings. The number of hydrogen-bond donors (Lipinski definition) is 0. The Balaban J connectivity index is 1.70. The molecule has 0 aliphatic carbocycles. The molecule has 0 N–H and O–H groups in total. The zero-order valence-electron chi connectivity index (χ0n) is 12.0. The Morgan fingerprint density at radius 3 is 2.09 bits per heavy atom. The first-order valence-electron chi connectivity index (χ1n) is 6.98. The van der Waals surface area contributed by atoms with Gasteiger partial charge in [0.25, 0.3) is 11.8 Å². The van der Waals surface area contributed by atoms with Crippen molar-refractivity contribution < 1.29 is 14.4 Å². The van der Waals surface area contributed by atoms with Gasteiger partial charge in [0.15, 0.2) is 5.78 Å². The molecule has 114 valence electrons. The smallest absolute Gasteiger partial charge is 0.261 e. The molecule has 0 unspecified atom stereocenters. The summed E-state index contributed by atoms with van der Waals surface area (Å²) in [7, 11) is 0. The van der Waals surface area contributed by atoms with Gasteiger partial charge in [0.05, 0.1) is 17.7 Å². The van der Waals surface area contributed by atoms with Crippen molar-refractivity contribution in [3.05, 3.63) is 75.8 Å². The number of nitrogens with zero attached hydrogens (tertiary/aromatic N) is 1. The van der Waals surface area contributed by atoms with Gasteiger partial charge in [-0.15, -0.1) is 0 Å². The van der Waals surface area contributed by atoms with Gasteiger partial charge in [0, 0.05) is 4.47 Å². The van der Waals surface area contributed by atoms with Gasteiger partial charge >= 0.3 is 0 Å². The highest BCUT2D eigenvalue weighted by Gasteiger charge is 2.35. The molecule has 23 heavy (non-hydrogen) atoms. The molecule has 4 nitrogen and oxygen atoms in total. The quantitative estimate of drug-likeness (QED) is 0.613. The number of hydrogen-bond acceptors (Lipinski definition) is 3. The molecule has 0 saturated heterocycles. The molecular formula is C18H12BrNO3. The molecule has 2 amide bonds. The number of rotatable bonds is 4. The van der Waals surface area contributed by atoms with Crippen molar-refractivity contribution in [1.82, 2.24) is 4.90 Å². The lowest BCUT2D eigenvalue weighted by molar-refractivity contribution is -0.114. The number of carbonyl (C=O) groups excluding carboxylic acids is 3. The zero-order chi connectivity index (χ0) is 16.4. The van der Waals surface area contributed by atoms with Gasteiger partial charge in [-0.05, 0) is 35.9 Å². The van der Waals surface area contributed by atoms with E-state index in [1.807, 2.05) is 24.3 Å². The van der Waals surface area contributed by atoms with Crippen LogP contribution in [0.1, 0.15) is 26.3 Å². The Labute approximate surface area is 141 Å². The van der Waals surface area contributed by atoms with E-state index in [0.29, 0.717) is 11.1 Å².